The molecule has 1 saturated heterocycles. The maximum Gasteiger partial charge on any atom is 0.254 e. The Morgan fingerprint density at radius 2 is 1.85 bits per heavy atom. The second-order valence-corrected chi connectivity index (χ2v) is 6.28. The van der Waals surface area contributed by atoms with Gasteiger partial charge in [0.05, 0.1) is 0 Å². The molecule has 6 heteroatoms. The summed E-state index contributed by atoms with van der Waals surface area (Å²) < 4.78 is 32.4. The topological polar surface area (TPSA) is 32.8 Å². The van der Waals surface area contributed by atoms with Crippen molar-refractivity contribution >= 4 is 5.91 Å². The van der Waals surface area contributed by atoms with E-state index in [0.717, 1.165) is 13.0 Å². The van der Waals surface area contributed by atoms with Gasteiger partial charge in [0.25, 0.3) is 5.91 Å². The van der Waals surface area contributed by atoms with Gasteiger partial charge >= 0.3 is 0 Å². The fraction of sp³-hybridized carbons (Fsp3) is 0.350. The summed E-state index contributed by atoms with van der Waals surface area (Å²) in [6.07, 6.45) is 0.834. The van der Waals surface area contributed by atoms with E-state index in [4.69, 9.17) is 4.74 Å². The van der Waals surface area contributed by atoms with Gasteiger partial charge in [0, 0.05) is 38.3 Å². The smallest absolute Gasteiger partial charge is 0.254 e. The van der Waals surface area contributed by atoms with Crippen molar-refractivity contribution in [3.63, 3.8) is 0 Å². The summed E-state index contributed by atoms with van der Waals surface area (Å²) >= 11 is 0. The van der Waals surface area contributed by atoms with Gasteiger partial charge in [-0.1, -0.05) is 18.2 Å². The molecular formula is C20H22F2N2O2. The molecule has 0 spiro atoms. The molecule has 0 bridgehead atoms. The van der Waals surface area contributed by atoms with E-state index in [9.17, 15) is 13.6 Å². The van der Waals surface area contributed by atoms with Gasteiger partial charge in [0.1, 0.15) is 12.4 Å². The Kier molecular flexibility index (Phi) is 6.17. The maximum absolute atomic E-state index is 13.5. The number of carbonyl (C=O) groups is 1. The van der Waals surface area contributed by atoms with Gasteiger partial charge in [-0.05, 0) is 36.8 Å². The normalized spacial score (nSPS) is 15.5. The maximum atomic E-state index is 13.5. The molecule has 1 aliphatic rings. The molecule has 2 aromatic rings. The lowest BCUT2D eigenvalue weighted by atomic mass is 10.2. The van der Waals surface area contributed by atoms with Gasteiger partial charge in [-0.3, -0.25) is 9.69 Å². The molecule has 3 rings (SSSR count). The number of nitrogens with zero attached hydrogens (tertiary/aromatic N) is 2. The van der Waals surface area contributed by atoms with Crippen molar-refractivity contribution in [1.82, 2.24) is 9.80 Å². The van der Waals surface area contributed by atoms with Crippen LogP contribution in [0.4, 0.5) is 8.78 Å². The Balaban J connectivity index is 1.49. The molecule has 0 radical (unpaired) electrons. The van der Waals surface area contributed by atoms with E-state index >= 15 is 0 Å². The average molecular weight is 360 g/mol. The van der Waals surface area contributed by atoms with Gasteiger partial charge in [-0.15, -0.1) is 0 Å². The molecule has 2 aromatic carbocycles. The minimum Gasteiger partial charge on any atom is -0.489 e. The van der Waals surface area contributed by atoms with Crippen LogP contribution < -0.4 is 4.74 Å². The monoisotopic (exact) mass is 360 g/mol. The summed E-state index contributed by atoms with van der Waals surface area (Å²) in [4.78, 5) is 16.5. The van der Waals surface area contributed by atoms with Crippen molar-refractivity contribution in [2.24, 2.45) is 0 Å². The fourth-order valence-electron chi connectivity index (χ4n) is 3.05. The van der Waals surface area contributed by atoms with Crippen LogP contribution in [0.2, 0.25) is 0 Å². The summed E-state index contributed by atoms with van der Waals surface area (Å²) in [6, 6.07) is 12.1. The lowest BCUT2D eigenvalue weighted by Crippen LogP contribution is -2.36. The van der Waals surface area contributed by atoms with Crippen molar-refractivity contribution in [3.05, 3.63) is 65.7 Å². The van der Waals surface area contributed by atoms with E-state index in [1.807, 2.05) is 0 Å². The summed E-state index contributed by atoms with van der Waals surface area (Å²) in [5.74, 6) is -0.660. The molecular weight excluding hydrogens is 338 g/mol. The first-order valence-corrected chi connectivity index (χ1v) is 8.78. The SMILES string of the molecule is O=C(c1cccc(F)c1)N1CCCN(CCOc2ccccc2F)CC1. The fourth-order valence-corrected chi connectivity index (χ4v) is 3.05. The highest BCUT2D eigenvalue weighted by molar-refractivity contribution is 5.94. The summed E-state index contributed by atoms with van der Waals surface area (Å²) in [6.45, 7) is 3.82. The van der Waals surface area contributed by atoms with E-state index in [0.29, 0.717) is 38.3 Å². The van der Waals surface area contributed by atoms with Crippen molar-refractivity contribution in [2.45, 2.75) is 6.42 Å². The Bertz CT molecular complexity index is 754. The first-order valence-electron chi connectivity index (χ1n) is 8.78. The van der Waals surface area contributed by atoms with Crippen LogP contribution in [-0.4, -0.2) is 55.0 Å². The molecule has 0 aliphatic carbocycles. The van der Waals surface area contributed by atoms with Gasteiger partial charge < -0.3 is 9.64 Å². The van der Waals surface area contributed by atoms with Crippen LogP contribution in [-0.2, 0) is 0 Å². The van der Waals surface area contributed by atoms with Gasteiger partial charge in [-0.2, -0.15) is 0 Å². The number of benzene rings is 2. The Hall–Kier alpha value is -2.47. The van der Waals surface area contributed by atoms with E-state index < -0.39 is 5.82 Å². The predicted molar refractivity (Wildman–Crippen MR) is 95.3 cm³/mol. The highest BCUT2D eigenvalue weighted by Gasteiger charge is 2.20. The van der Waals surface area contributed by atoms with Gasteiger partial charge in [0.2, 0.25) is 0 Å². The summed E-state index contributed by atoms with van der Waals surface area (Å²) in [5, 5.41) is 0. The molecule has 0 aromatic heterocycles. The number of para-hydroxylation sites is 1. The van der Waals surface area contributed by atoms with E-state index in [-0.39, 0.29) is 17.5 Å². The van der Waals surface area contributed by atoms with Crippen LogP contribution >= 0.6 is 0 Å². The van der Waals surface area contributed by atoms with Crippen LogP contribution in [0.1, 0.15) is 16.8 Å². The number of rotatable bonds is 5. The van der Waals surface area contributed by atoms with Crippen LogP contribution in [0.25, 0.3) is 0 Å². The van der Waals surface area contributed by atoms with Gasteiger partial charge in [0.15, 0.2) is 11.6 Å². The largest absolute Gasteiger partial charge is 0.489 e. The Morgan fingerprint density at radius 3 is 2.65 bits per heavy atom. The van der Waals surface area contributed by atoms with Crippen molar-refractivity contribution in [2.75, 3.05) is 39.3 Å². The Morgan fingerprint density at radius 1 is 1.00 bits per heavy atom. The zero-order valence-corrected chi connectivity index (χ0v) is 14.5. The highest BCUT2D eigenvalue weighted by atomic mass is 19.1. The molecule has 138 valence electrons. The van der Waals surface area contributed by atoms with Crippen molar-refractivity contribution < 1.29 is 18.3 Å². The second-order valence-electron chi connectivity index (χ2n) is 6.28. The number of ether oxygens (including phenoxy) is 1. The predicted octanol–water partition coefficient (Wildman–Crippen LogP) is 3.19. The molecule has 26 heavy (non-hydrogen) atoms. The number of hydrogen-bond acceptors (Lipinski definition) is 3. The molecule has 4 nitrogen and oxygen atoms in total. The zero-order chi connectivity index (χ0) is 18.4. The minimum atomic E-state index is -0.405. The minimum absolute atomic E-state index is 0.144. The third-order valence-electron chi connectivity index (χ3n) is 4.45. The first-order chi connectivity index (χ1) is 12.6. The van der Waals surface area contributed by atoms with Crippen LogP contribution in [0, 0.1) is 11.6 Å². The second kappa shape index (κ2) is 8.76. The number of hydrogen-bond donors (Lipinski definition) is 0. The number of carbonyl (C=O) groups excluding carboxylic acids is 1. The van der Waals surface area contributed by atoms with E-state index in [1.54, 1.807) is 35.2 Å². The van der Waals surface area contributed by atoms with Crippen molar-refractivity contribution in [3.8, 4) is 5.75 Å². The molecule has 0 saturated carbocycles. The first kappa shape index (κ1) is 18.3. The molecule has 0 N–H and O–H groups in total. The number of halogens is 2. The lowest BCUT2D eigenvalue weighted by Gasteiger charge is -2.22. The quantitative estimate of drug-likeness (QED) is 0.821. The van der Waals surface area contributed by atoms with E-state index in [2.05, 4.69) is 4.90 Å². The molecule has 0 unspecified atom stereocenters. The molecule has 1 amide bonds. The highest BCUT2D eigenvalue weighted by Crippen LogP contribution is 2.15. The summed E-state index contributed by atoms with van der Waals surface area (Å²) in [5.41, 5.74) is 0.376. The lowest BCUT2D eigenvalue weighted by molar-refractivity contribution is 0.0760. The number of amides is 1. The average Bonchev–Trinajstić information content (AvgIpc) is 2.88. The third kappa shape index (κ3) is 4.79. The molecule has 1 aliphatic heterocycles. The molecule has 1 fully saturated rings. The van der Waals surface area contributed by atoms with Crippen LogP contribution in [0.3, 0.4) is 0 Å². The summed E-state index contributed by atoms with van der Waals surface area (Å²) in [7, 11) is 0. The van der Waals surface area contributed by atoms with E-state index in [1.165, 1.54) is 18.2 Å². The Labute approximate surface area is 152 Å². The third-order valence-corrected chi connectivity index (χ3v) is 4.45. The molecule has 1 heterocycles. The van der Waals surface area contributed by atoms with Gasteiger partial charge in [-0.25, -0.2) is 8.78 Å². The van der Waals surface area contributed by atoms with Crippen LogP contribution in [0.5, 0.6) is 5.75 Å². The standard InChI is InChI=1S/C20H22F2N2O2/c21-17-6-3-5-16(15-17)20(25)24-10-4-9-23(11-12-24)13-14-26-19-8-2-1-7-18(19)22/h1-3,5-8,15H,4,9-14H2. The van der Waals surface area contributed by atoms with Crippen LogP contribution in [0.15, 0.2) is 48.5 Å². The zero-order valence-electron chi connectivity index (χ0n) is 14.5. The van der Waals surface area contributed by atoms with Crippen molar-refractivity contribution in [1.29, 1.82) is 0 Å². The molecule has 0 atom stereocenters.